The molecule has 2 N–H and O–H groups in total. The highest BCUT2D eigenvalue weighted by Crippen LogP contribution is 2.19. The molecule has 0 spiro atoms. The fraction of sp³-hybridized carbons (Fsp3) is 0.818. The van der Waals surface area contributed by atoms with Crippen LogP contribution in [0, 0.1) is 0 Å². The Balaban J connectivity index is 4.88. The summed E-state index contributed by atoms with van der Waals surface area (Å²) in [6.07, 6.45) is 0. The Hall–Kier alpha value is -0.430. The van der Waals surface area contributed by atoms with Crippen molar-refractivity contribution in [1.29, 1.82) is 0 Å². The summed E-state index contributed by atoms with van der Waals surface area (Å²) in [5.41, 5.74) is 0.299. The Morgan fingerprint density at radius 2 is 2.00 bits per heavy atom. The zero-order chi connectivity index (χ0) is 13.9. The van der Waals surface area contributed by atoms with Crippen LogP contribution in [-0.4, -0.2) is 55.8 Å². The minimum atomic E-state index is -4.01. The van der Waals surface area contributed by atoms with Gasteiger partial charge in [0.25, 0.3) is 10.1 Å². The van der Waals surface area contributed by atoms with Gasteiger partial charge in [0.15, 0.2) is 0 Å². The van der Waals surface area contributed by atoms with Crippen molar-refractivity contribution in [2.45, 2.75) is 32.4 Å². The van der Waals surface area contributed by atoms with E-state index in [1.54, 1.807) is 25.9 Å². The summed E-state index contributed by atoms with van der Waals surface area (Å²) >= 11 is 0. The van der Waals surface area contributed by atoms with E-state index in [0.717, 1.165) is 5.57 Å². The third kappa shape index (κ3) is 5.63. The van der Waals surface area contributed by atoms with E-state index in [2.05, 4.69) is 11.9 Å². The minimum Gasteiger partial charge on any atom is -0.309 e. The highest BCUT2D eigenvalue weighted by atomic mass is 32.2. The molecule has 0 aromatic rings. The second kappa shape index (κ2) is 5.95. The molecule has 0 aromatic carbocycles. The van der Waals surface area contributed by atoms with Crippen molar-refractivity contribution in [3.05, 3.63) is 12.2 Å². The molecule has 0 aromatic heterocycles. The number of nitrogens with zero attached hydrogens (tertiary/aromatic N) is 1. The molecule has 0 bridgehead atoms. The molecule has 0 heterocycles. The Morgan fingerprint density at radius 1 is 1.53 bits per heavy atom. The van der Waals surface area contributed by atoms with Crippen LogP contribution in [0.25, 0.3) is 0 Å². The monoisotopic (exact) mass is 264 g/mol. The maximum absolute atomic E-state index is 11.1. The molecule has 0 saturated heterocycles. The van der Waals surface area contributed by atoms with Crippen molar-refractivity contribution in [3.8, 4) is 0 Å². The number of rotatable bonds is 7. The highest BCUT2D eigenvalue weighted by Gasteiger charge is 2.37. The number of nitrogens with one attached hydrogen (secondary N) is 1. The summed E-state index contributed by atoms with van der Waals surface area (Å²) in [5.74, 6) is -0.308. The minimum absolute atomic E-state index is 0.101. The molecule has 0 radical (unpaired) electrons. The zero-order valence-electron chi connectivity index (χ0n) is 11.3. The summed E-state index contributed by atoms with van der Waals surface area (Å²) in [5, 5.41) is 3.21. The van der Waals surface area contributed by atoms with Gasteiger partial charge in [0.05, 0.1) is 5.75 Å². The first-order valence-electron chi connectivity index (χ1n) is 5.49. The SMILES string of the molecule is C=C(C)CNC(C)C(C)(CS(=O)(=O)O)N(C)C. The predicted octanol–water partition coefficient (Wildman–Crippen LogP) is 0.749. The predicted molar refractivity (Wildman–Crippen MR) is 70.8 cm³/mol. The number of likely N-dealkylation sites (N-methyl/N-ethyl adjacent to an activating group) is 1. The molecule has 102 valence electrons. The first kappa shape index (κ1) is 16.6. The molecule has 0 fully saturated rings. The van der Waals surface area contributed by atoms with E-state index in [4.69, 9.17) is 4.55 Å². The number of hydrogen-bond donors (Lipinski definition) is 2. The summed E-state index contributed by atoms with van der Waals surface area (Å²) in [6.45, 7) is 10.0. The number of hydrogen-bond acceptors (Lipinski definition) is 4. The second-order valence-electron chi connectivity index (χ2n) is 5.04. The lowest BCUT2D eigenvalue weighted by atomic mass is 9.94. The highest BCUT2D eigenvalue weighted by molar-refractivity contribution is 7.85. The fourth-order valence-electron chi connectivity index (χ4n) is 1.56. The molecule has 0 aliphatic rings. The van der Waals surface area contributed by atoms with Crippen molar-refractivity contribution in [1.82, 2.24) is 10.2 Å². The van der Waals surface area contributed by atoms with Gasteiger partial charge >= 0.3 is 0 Å². The van der Waals surface area contributed by atoms with Crippen molar-refractivity contribution in [3.63, 3.8) is 0 Å². The van der Waals surface area contributed by atoms with Gasteiger partial charge in [0.1, 0.15) is 0 Å². The Labute approximate surface area is 105 Å². The van der Waals surface area contributed by atoms with Crippen molar-refractivity contribution < 1.29 is 13.0 Å². The fourth-order valence-corrected chi connectivity index (χ4v) is 2.80. The summed E-state index contributed by atoms with van der Waals surface area (Å²) in [4.78, 5) is 1.80. The van der Waals surface area contributed by atoms with Gasteiger partial charge < -0.3 is 10.2 Å². The smallest absolute Gasteiger partial charge is 0.266 e. The molecular weight excluding hydrogens is 240 g/mol. The van der Waals surface area contributed by atoms with Crippen molar-refractivity contribution in [2.75, 3.05) is 26.4 Å². The summed E-state index contributed by atoms with van der Waals surface area (Å²) in [6, 6.07) is -0.101. The van der Waals surface area contributed by atoms with Crippen LogP contribution in [-0.2, 0) is 10.1 Å². The second-order valence-corrected chi connectivity index (χ2v) is 6.49. The third-order valence-corrected chi connectivity index (χ3v) is 4.09. The standard InChI is InChI=1S/C11H24N2O3S/c1-9(2)7-12-10(3)11(4,13(5)6)8-17(14,15)16/h10,12H,1,7-8H2,2-6H3,(H,14,15,16). The Kier molecular flexibility index (Phi) is 5.80. The van der Waals surface area contributed by atoms with Gasteiger partial charge in [-0.25, -0.2) is 0 Å². The van der Waals surface area contributed by atoms with Crippen LogP contribution < -0.4 is 5.32 Å². The lowest BCUT2D eigenvalue weighted by molar-refractivity contribution is 0.148. The normalized spacial score (nSPS) is 17.8. The van der Waals surface area contributed by atoms with Gasteiger partial charge in [-0.05, 0) is 34.9 Å². The van der Waals surface area contributed by atoms with E-state index in [9.17, 15) is 8.42 Å². The van der Waals surface area contributed by atoms with Crippen LogP contribution in [0.5, 0.6) is 0 Å². The van der Waals surface area contributed by atoms with Gasteiger partial charge in [-0.15, -0.1) is 0 Å². The molecule has 2 atom stereocenters. The van der Waals surface area contributed by atoms with Crippen LogP contribution >= 0.6 is 0 Å². The first-order chi connectivity index (χ1) is 7.49. The summed E-state index contributed by atoms with van der Waals surface area (Å²) in [7, 11) is -0.423. The molecule has 0 aliphatic carbocycles. The van der Waals surface area contributed by atoms with E-state index in [1.807, 2.05) is 13.8 Å². The van der Waals surface area contributed by atoms with Gasteiger partial charge in [-0.2, -0.15) is 8.42 Å². The quantitative estimate of drug-likeness (QED) is 0.524. The maximum Gasteiger partial charge on any atom is 0.266 e. The molecule has 0 saturated carbocycles. The molecule has 5 nitrogen and oxygen atoms in total. The van der Waals surface area contributed by atoms with Crippen LogP contribution in [0.1, 0.15) is 20.8 Å². The van der Waals surface area contributed by atoms with E-state index in [0.29, 0.717) is 6.54 Å². The van der Waals surface area contributed by atoms with Crippen LogP contribution in [0.4, 0.5) is 0 Å². The van der Waals surface area contributed by atoms with Crippen molar-refractivity contribution in [2.24, 2.45) is 0 Å². The maximum atomic E-state index is 11.1. The molecule has 17 heavy (non-hydrogen) atoms. The Bertz CT molecular complexity index is 365. The van der Waals surface area contributed by atoms with Crippen LogP contribution in [0.2, 0.25) is 0 Å². The third-order valence-electron chi connectivity index (χ3n) is 3.14. The topological polar surface area (TPSA) is 69.6 Å². The van der Waals surface area contributed by atoms with Gasteiger partial charge in [0.2, 0.25) is 0 Å². The zero-order valence-corrected chi connectivity index (χ0v) is 12.1. The molecule has 2 unspecified atom stereocenters. The van der Waals surface area contributed by atoms with Gasteiger partial charge in [-0.1, -0.05) is 12.2 Å². The largest absolute Gasteiger partial charge is 0.309 e. The average molecular weight is 264 g/mol. The molecular formula is C11H24N2O3S. The van der Waals surface area contributed by atoms with Gasteiger partial charge in [-0.3, -0.25) is 4.55 Å². The molecule has 6 heteroatoms. The summed E-state index contributed by atoms with van der Waals surface area (Å²) < 4.78 is 31.2. The van der Waals surface area contributed by atoms with Crippen LogP contribution in [0.3, 0.4) is 0 Å². The van der Waals surface area contributed by atoms with E-state index >= 15 is 0 Å². The molecule has 0 aliphatic heterocycles. The van der Waals surface area contributed by atoms with E-state index < -0.39 is 15.7 Å². The van der Waals surface area contributed by atoms with E-state index in [-0.39, 0.29) is 11.8 Å². The molecule has 0 rings (SSSR count). The van der Waals surface area contributed by atoms with Gasteiger partial charge in [0, 0.05) is 18.1 Å². The van der Waals surface area contributed by atoms with Crippen LogP contribution in [0.15, 0.2) is 12.2 Å². The lowest BCUT2D eigenvalue weighted by Crippen LogP contribution is -2.59. The lowest BCUT2D eigenvalue weighted by Gasteiger charge is -2.41. The first-order valence-corrected chi connectivity index (χ1v) is 7.10. The Morgan fingerprint density at radius 3 is 2.29 bits per heavy atom. The average Bonchev–Trinajstić information content (AvgIpc) is 2.10. The van der Waals surface area contributed by atoms with E-state index in [1.165, 1.54) is 0 Å². The molecule has 0 amide bonds. The van der Waals surface area contributed by atoms with Crippen molar-refractivity contribution >= 4 is 10.1 Å².